The zero-order valence-electron chi connectivity index (χ0n) is 10.7. The Morgan fingerprint density at radius 2 is 2.00 bits per heavy atom. The quantitative estimate of drug-likeness (QED) is 0.916. The molecule has 0 saturated heterocycles. The second kappa shape index (κ2) is 5.61. The Bertz CT molecular complexity index is 478. The summed E-state index contributed by atoms with van der Waals surface area (Å²) in [5.41, 5.74) is -0.0354. The largest absolute Gasteiger partial charge is 0.478 e. The van der Waals surface area contributed by atoms with Gasteiger partial charge in [0.25, 0.3) is 0 Å². The molecule has 1 aromatic rings. The number of carbonyl (C=O) groups is 1. The fraction of sp³-hybridized carbons (Fsp3) is 0.462. The molecule has 1 N–H and O–H groups in total. The maximum absolute atomic E-state index is 13.5. The van der Waals surface area contributed by atoms with Gasteiger partial charge in [-0.25, -0.2) is 9.18 Å². The first-order valence-electron chi connectivity index (χ1n) is 5.62. The van der Waals surface area contributed by atoms with Crippen molar-refractivity contribution < 1.29 is 18.5 Å². The average Bonchev–Trinajstić information content (AvgIpc) is 2.25. The van der Waals surface area contributed by atoms with Gasteiger partial charge < -0.3 is 5.11 Å². The van der Waals surface area contributed by atoms with Crippen LogP contribution in [0.1, 0.15) is 37.6 Å². The highest BCUT2D eigenvalue weighted by Crippen LogP contribution is 2.22. The number of hydrogen-bond donors (Lipinski definition) is 1. The maximum atomic E-state index is 13.5. The third kappa shape index (κ3) is 4.22. The molecular formula is C13H17FO3S. The summed E-state index contributed by atoms with van der Waals surface area (Å²) in [5.74, 6) is -1.44. The number of hydrogen-bond acceptors (Lipinski definition) is 2. The lowest BCUT2D eigenvalue weighted by atomic mass is 9.94. The van der Waals surface area contributed by atoms with Crippen LogP contribution in [-0.2, 0) is 10.8 Å². The molecule has 5 heteroatoms. The van der Waals surface area contributed by atoms with Crippen molar-refractivity contribution in [3.63, 3.8) is 0 Å². The standard InChI is InChI=1S/C13H17FO3S/c1-13(2,3)6-7-18(17)11-8-9(12(15)16)4-5-10(11)14/h4-5,8H,6-7H2,1-3H3,(H,15,16). The number of halogens is 1. The summed E-state index contributed by atoms with van der Waals surface area (Å²) in [7, 11) is -1.51. The molecule has 1 unspecified atom stereocenters. The van der Waals surface area contributed by atoms with E-state index in [1.165, 1.54) is 6.07 Å². The Hall–Kier alpha value is -1.23. The number of rotatable bonds is 4. The van der Waals surface area contributed by atoms with Crippen LogP contribution in [0.4, 0.5) is 4.39 Å². The predicted octanol–water partition coefficient (Wildman–Crippen LogP) is 3.07. The van der Waals surface area contributed by atoms with Crippen LogP contribution in [0, 0.1) is 11.2 Å². The van der Waals surface area contributed by atoms with Crippen molar-refractivity contribution in [3.05, 3.63) is 29.6 Å². The first kappa shape index (κ1) is 14.8. The van der Waals surface area contributed by atoms with Gasteiger partial charge in [0.2, 0.25) is 0 Å². The molecule has 100 valence electrons. The Morgan fingerprint density at radius 3 is 2.50 bits per heavy atom. The van der Waals surface area contributed by atoms with Crippen LogP contribution in [-0.4, -0.2) is 21.0 Å². The van der Waals surface area contributed by atoms with Crippen molar-refractivity contribution in [2.75, 3.05) is 5.75 Å². The second-order valence-electron chi connectivity index (χ2n) is 5.31. The minimum Gasteiger partial charge on any atom is -0.478 e. The van der Waals surface area contributed by atoms with Crippen LogP contribution in [0.2, 0.25) is 0 Å². The molecule has 0 aliphatic carbocycles. The van der Waals surface area contributed by atoms with Crippen LogP contribution < -0.4 is 0 Å². The summed E-state index contributed by atoms with van der Waals surface area (Å²) >= 11 is 0. The van der Waals surface area contributed by atoms with E-state index in [1.807, 2.05) is 20.8 Å². The van der Waals surface area contributed by atoms with Crippen molar-refractivity contribution in [1.29, 1.82) is 0 Å². The lowest BCUT2D eigenvalue weighted by Gasteiger charge is -2.17. The summed E-state index contributed by atoms with van der Waals surface area (Å²) < 4.78 is 25.5. The molecule has 0 aliphatic rings. The first-order valence-corrected chi connectivity index (χ1v) is 6.94. The molecule has 0 bridgehead atoms. The normalized spacial score (nSPS) is 13.3. The summed E-state index contributed by atoms with van der Waals surface area (Å²) in [6.45, 7) is 6.02. The first-order chi connectivity index (χ1) is 8.20. The van der Waals surface area contributed by atoms with E-state index < -0.39 is 22.6 Å². The molecular weight excluding hydrogens is 255 g/mol. The maximum Gasteiger partial charge on any atom is 0.335 e. The molecule has 0 spiro atoms. The number of carboxylic acids is 1. The highest BCUT2D eigenvalue weighted by Gasteiger charge is 2.17. The molecule has 1 rings (SSSR count). The monoisotopic (exact) mass is 272 g/mol. The van der Waals surface area contributed by atoms with Crippen LogP contribution in [0.25, 0.3) is 0 Å². The highest BCUT2D eigenvalue weighted by molar-refractivity contribution is 7.85. The van der Waals surface area contributed by atoms with Crippen LogP contribution >= 0.6 is 0 Å². The van der Waals surface area contributed by atoms with Gasteiger partial charge in [-0.1, -0.05) is 20.8 Å². The SMILES string of the molecule is CC(C)(C)CCS(=O)c1cc(C(=O)O)ccc1F. The predicted molar refractivity (Wildman–Crippen MR) is 68.7 cm³/mol. The molecule has 0 aromatic heterocycles. The van der Waals surface area contributed by atoms with Gasteiger partial charge in [0.15, 0.2) is 0 Å². The topological polar surface area (TPSA) is 54.4 Å². The van der Waals surface area contributed by atoms with Gasteiger partial charge in [0.1, 0.15) is 5.82 Å². The minimum absolute atomic E-state index is 0.0105. The van der Waals surface area contributed by atoms with E-state index in [4.69, 9.17) is 5.11 Å². The molecule has 0 heterocycles. The van der Waals surface area contributed by atoms with Gasteiger partial charge in [0, 0.05) is 5.75 Å². The molecule has 0 saturated carbocycles. The summed E-state index contributed by atoms with van der Waals surface area (Å²) in [4.78, 5) is 10.8. The lowest BCUT2D eigenvalue weighted by molar-refractivity contribution is 0.0696. The number of benzene rings is 1. The van der Waals surface area contributed by atoms with E-state index in [2.05, 4.69) is 0 Å². The lowest BCUT2D eigenvalue weighted by Crippen LogP contribution is -2.12. The molecule has 0 amide bonds. The van der Waals surface area contributed by atoms with Crippen molar-refractivity contribution in [1.82, 2.24) is 0 Å². The van der Waals surface area contributed by atoms with Crippen LogP contribution in [0.3, 0.4) is 0 Å². The van der Waals surface area contributed by atoms with Crippen molar-refractivity contribution in [2.45, 2.75) is 32.1 Å². The van der Waals surface area contributed by atoms with E-state index in [-0.39, 0.29) is 15.9 Å². The van der Waals surface area contributed by atoms with Crippen molar-refractivity contribution in [3.8, 4) is 0 Å². The Kier molecular flexibility index (Phi) is 4.62. The van der Waals surface area contributed by atoms with Crippen molar-refractivity contribution >= 4 is 16.8 Å². The summed E-state index contributed by atoms with van der Waals surface area (Å²) in [5, 5.41) is 8.82. The van der Waals surface area contributed by atoms with E-state index >= 15 is 0 Å². The molecule has 3 nitrogen and oxygen atoms in total. The Balaban J connectivity index is 2.91. The van der Waals surface area contributed by atoms with Gasteiger partial charge in [-0.3, -0.25) is 4.21 Å². The molecule has 1 atom stereocenters. The fourth-order valence-electron chi connectivity index (χ4n) is 1.32. The molecule has 0 aliphatic heterocycles. The van der Waals surface area contributed by atoms with E-state index in [9.17, 15) is 13.4 Å². The third-order valence-corrected chi connectivity index (χ3v) is 3.84. The second-order valence-corrected chi connectivity index (χ2v) is 6.85. The van der Waals surface area contributed by atoms with E-state index in [0.717, 1.165) is 12.1 Å². The molecule has 1 aromatic carbocycles. The van der Waals surface area contributed by atoms with Gasteiger partial charge in [-0.15, -0.1) is 0 Å². The Labute approximate surface area is 108 Å². The van der Waals surface area contributed by atoms with Crippen LogP contribution in [0.15, 0.2) is 23.1 Å². The third-order valence-electron chi connectivity index (χ3n) is 2.46. The zero-order valence-corrected chi connectivity index (χ0v) is 11.5. The van der Waals surface area contributed by atoms with Gasteiger partial charge in [-0.2, -0.15) is 0 Å². The zero-order chi connectivity index (χ0) is 13.9. The minimum atomic E-state index is -1.51. The number of aromatic carboxylic acids is 1. The van der Waals surface area contributed by atoms with Crippen molar-refractivity contribution in [2.24, 2.45) is 5.41 Å². The van der Waals surface area contributed by atoms with Crippen LogP contribution in [0.5, 0.6) is 0 Å². The fourth-order valence-corrected chi connectivity index (χ4v) is 2.88. The summed E-state index contributed by atoms with van der Waals surface area (Å²) in [6, 6.07) is 3.37. The molecule has 0 radical (unpaired) electrons. The molecule has 18 heavy (non-hydrogen) atoms. The summed E-state index contributed by atoms with van der Waals surface area (Å²) in [6.07, 6.45) is 0.677. The Morgan fingerprint density at radius 1 is 1.39 bits per heavy atom. The van der Waals surface area contributed by atoms with Gasteiger partial charge in [0.05, 0.1) is 21.3 Å². The average molecular weight is 272 g/mol. The van der Waals surface area contributed by atoms with Gasteiger partial charge in [-0.05, 0) is 30.0 Å². The smallest absolute Gasteiger partial charge is 0.335 e. The van der Waals surface area contributed by atoms with E-state index in [0.29, 0.717) is 12.2 Å². The highest BCUT2D eigenvalue weighted by atomic mass is 32.2. The van der Waals surface area contributed by atoms with Gasteiger partial charge >= 0.3 is 5.97 Å². The number of carboxylic acid groups (broad SMARTS) is 1. The van der Waals surface area contributed by atoms with E-state index in [1.54, 1.807) is 0 Å². The molecule has 0 fully saturated rings.